The van der Waals surface area contributed by atoms with Crippen LogP contribution in [0.25, 0.3) is 0 Å². The van der Waals surface area contributed by atoms with Gasteiger partial charge in [-0.3, -0.25) is 9.59 Å². The largest absolute Gasteiger partial charge is 0.463 e. The van der Waals surface area contributed by atoms with Crippen molar-refractivity contribution in [1.29, 1.82) is 0 Å². The molecule has 0 spiro atoms. The first-order valence-electron chi connectivity index (χ1n) is 10.0. The lowest BCUT2D eigenvalue weighted by molar-refractivity contribution is -0.159. The Labute approximate surface area is 145 Å². The SMILES string of the molecule is CC(=O)O[C@@H]1CC[C@@]2(C)[C@@H](CC[C@H]3[C@H]2CC[C@]2(C)CC(=O)C[C@@H]32)C1. The maximum absolute atomic E-state index is 12.1. The predicted molar refractivity (Wildman–Crippen MR) is 92.3 cm³/mol. The van der Waals surface area contributed by atoms with Gasteiger partial charge in [-0.05, 0) is 79.4 Å². The molecule has 3 heteroatoms. The molecule has 0 radical (unpaired) electrons. The third-order valence-electron chi connectivity index (χ3n) is 8.52. The second kappa shape index (κ2) is 5.57. The lowest BCUT2D eigenvalue weighted by Crippen LogP contribution is -2.53. The van der Waals surface area contributed by atoms with Crippen molar-refractivity contribution >= 4 is 11.8 Å². The van der Waals surface area contributed by atoms with Crippen LogP contribution in [0, 0.1) is 34.5 Å². The van der Waals surface area contributed by atoms with Gasteiger partial charge in [0.15, 0.2) is 0 Å². The van der Waals surface area contributed by atoms with Crippen LogP contribution in [0.2, 0.25) is 0 Å². The van der Waals surface area contributed by atoms with Crippen LogP contribution in [0.1, 0.15) is 78.6 Å². The molecule has 4 aliphatic carbocycles. The molecule has 0 unspecified atom stereocenters. The average Bonchev–Trinajstić information content (AvgIpc) is 2.81. The Hall–Kier alpha value is -0.860. The second-order valence-electron chi connectivity index (χ2n) is 9.78. The highest BCUT2D eigenvalue weighted by atomic mass is 16.5. The number of hydrogen-bond donors (Lipinski definition) is 0. The summed E-state index contributed by atoms with van der Waals surface area (Å²) in [4.78, 5) is 23.5. The number of ether oxygens (including phenoxy) is 1. The van der Waals surface area contributed by atoms with Gasteiger partial charge in [-0.2, -0.15) is 0 Å². The van der Waals surface area contributed by atoms with Gasteiger partial charge in [0.2, 0.25) is 0 Å². The van der Waals surface area contributed by atoms with E-state index in [2.05, 4.69) is 13.8 Å². The fraction of sp³-hybridized carbons (Fsp3) is 0.905. The lowest BCUT2D eigenvalue weighted by atomic mass is 9.45. The van der Waals surface area contributed by atoms with Crippen LogP contribution in [0.4, 0.5) is 0 Å². The fourth-order valence-corrected chi connectivity index (χ4v) is 7.34. The van der Waals surface area contributed by atoms with Crippen molar-refractivity contribution in [2.45, 2.75) is 84.7 Å². The molecule has 0 aromatic heterocycles. The third-order valence-corrected chi connectivity index (χ3v) is 8.52. The summed E-state index contributed by atoms with van der Waals surface area (Å²) < 4.78 is 5.54. The molecule has 0 aromatic rings. The Balaban J connectivity index is 1.54. The average molecular weight is 332 g/mol. The zero-order valence-electron chi connectivity index (χ0n) is 15.5. The Bertz CT molecular complexity index is 555. The highest BCUT2D eigenvalue weighted by Crippen LogP contribution is 2.65. The van der Waals surface area contributed by atoms with Gasteiger partial charge in [-0.1, -0.05) is 13.8 Å². The van der Waals surface area contributed by atoms with Crippen molar-refractivity contribution in [3.8, 4) is 0 Å². The highest BCUT2D eigenvalue weighted by Gasteiger charge is 2.59. The molecule has 24 heavy (non-hydrogen) atoms. The van der Waals surface area contributed by atoms with E-state index in [4.69, 9.17) is 4.74 Å². The molecule has 3 nitrogen and oxygen atoms in total. The number of fused-ring (bicyclic) bond motifs is 5. The smallest absolute Gasteiger partial charge is 0.302 e. The van der Waals surface area contributed by atoms with E-state index in [1.54, 1.807) is 0 Å². The molecule has 0 N–H and O–H groups in total. The number of esters is 1. The minimum Gasteiger partial charge on any atom is -0.463 e. The minimum absolute atomic E-state index is 0.129. The van der Waals surface area contributed by atoms with Crippen LogP contribution in [-0.4, -0.2) is 17.9 Å². The van der Waals surface area contributed by atoms with E-state index in [9.17, 15) is 9.59 Å². The molecule has 134 valence electrons. The molecule has 7 atom stereocenters. The Kier molecular flexibility index (Phi) is 3.85. The summed E-state index contributed by atoms with van der Waals surface area (Å²) in [6.07, 6.45) is 10.2. The Morgan fingerprint density at radius 3 is 2.62 bits per heavy atom. The van der Waals surface area contributed by atoms with Gasteiger partial charge in [0.1, 0.15) is 11.9 Å². The number of Topliss-reactive ketones (excluding diaryl/α,β-unsaturated/α-hetero) is 1. The lowest BCUT2D eigenvalue weighted by Gasteiger charge is -2.60. The van der Waals surface area contributed by atoms with Gasteiger partial charge in [-0.15, -0.1) is 0 Å². The van der Waals surface area contributed by atoms with Crippen LogP contribution >= 0.6 is 0 Å². The zero-order chi connectivity index (χ0) is 17.1. The van der Waals surface area contributed by atoms with Crippen LogP contribution in [0.3, 0.4) is 0 Å². The van der Waals surface area contributed by atoms with E-state index in [0.29, 0.717) is 23.0 Å². The molecule has 4 rings (SSSR count). The van der Waals surface area contributed by atoms with Crippen LogP contribution in [0.15, 0.2) is 0 Å². The molecule has 0 amide bonds. The first-order chi connectivity index (χ1) is 11.3. The van der Waals surface area contributed by atoms with Gasteiger partial charge in [0.05, 0.1) is 0 Å². The van der Waals surface area contributed by atoms with Gasteiger partial charge in [0, 0.05) is 19.8 Å². The first kappa shape index (κ1) is 16.6. The van der Waals surface area contributed by atoms with Crippen molar-refractivity contribution in [3.05, 3.63) is 0 Å². The number of rotatable bonds is 1. The van der Waals surface area contributed by atoms with E-state index in [1.165, 1.54) is 39.0 Å². The molecule has 4 aliphatic rings. The predicted octanol–water partition coefficient (Wildman–Crippen LogP) is 4.53. The normalized spacial score (nSPS) is 50.6. The van der Waals surface area contributed by atoms with Crippen molar-refractivity contribution in [1.82, 2.24) is 0 Å². The van der Waals surface area contributed by atoms with Crippen LogP contribution in [-0.2, 0) is 14.3 Å². The molecule has 0 heterocycles. The molecule has 0 bridgehead atoms. The van der Waals surface area contributed by atoms with E-state index in [-0.39, 0.29) is 17.5 Å². The van der Waals surface area contributed by atoms with E-state index < -0.39 is 0 Å². The summed E-state index contributed by atoms with van der Waals surface area (Å²) >= 11 is 0. The second-order valence-corrected chi connectivity index (χ2v) is 9.78. The standard InChI is InChI=1S/C21H32O3/c1-13(22)24-16-6-9-21(3)14(10-16)4-5-17-18(21)7-8-20(2)12-15(23)11-19(17)20/h14,16-19H,4-12H2,1-3H3/t14-,16+,17-,18+,19-,20+,21-/m0/s1. The molecular weight excluding hydrogens is 300 g/mol. The first-order valence-corrected chi connectivity index (χ1v) is 10.0. The fourth-order valence-electron chi connectivity index (χ4n) is 7.34. The maximum atomic E-state index is 12.1. The third kappa shape index (κ3) is 2.45. The van der Waals surface area contributed by atoms with Gasteiger partial charge < -0.3 is 4.74 Å². The summed E-state index contributed by atoms with van der Waals surface area (Å²) in [5.74, 6) is 3.23. The number of hydrogen-bond acceptors (Lipinski definition) is 3. The number of carbonyl (C=O) groups is 2. The Morgan fingerprint density at radius 2 is 1.88 bits per heavy atom. The zero-order valence-corrected chi connectivity index (χ0v) is 15.5. The van der Waals surface area contributed by atoms with Crippen LogP contribution in [0.5, 0.6) is 0 Å². The van der Waals surface area contributed by atoms with Crippen molar-refractivity contribution in [2.75, 3.05) is 0 Å². The van der Waals surface area contributed by atoms with E-state index in [1.807, 2.05) is 0 Å². The van der Waals surface area contributed by atoms with Crippen molar-refractivity contribution in [2.24, 2.45) is 34.5 Å². The van der Waals surface area contributed by atoms with Gasteiger partial charge in [0.25, 0.3) is 0 Å². The van der Waals surface area contributed by atoms with E-state index >= 15 is 0 Å². The number of carbonyl (C=O) groups excluding carboxylic acids is 2. The van der Waals surface area contributed by atoms with E-state index in [0.717, 1.165) is 37.5 Å². The van der Waals surface area contributed by atoms with Crippen LogP contribution < -0.4 is 0 Å². The summed E-state index contributed by atoms with van der Waals surface area (Å²) in [7, 11) is 0. The number of ketones is 1. The quantitative estimate of drug-likeness (QED) is 0.663. The molecule has 0 saturated heterocycles. The molecule has 4 fully saturated rings. The van der Waals surface area contributed by atoms with Crippen molar-refractivity contribution < 1.29 is 14.3 Å². The maximum Gasteiger partial charge on any atom is 0.302 e. The Morgan fingerprint density at radius 1 is 1.08 bits per heavy atom. The summed E-state index contributed by atoms with van der Waals surface area (Å²) in [5.41, 5.74) is 0.683. The molecule has 4 saturated carbocycles. The summed E-state index contributed by atoms with van der Waals surface area (Å²) in [6, 6.07) is 0. The summed E-state index contributed by atoms with van der Waals surface area (Å²) in [5, 5.41) is 0. The van der Waals surface area contributed by atoms with Gasteiger partial charge in [-0.25, -0.2) is 0 Å². The molecular formula is C21H32O3. The summed E-state index contributed by atoms with van der Waals surface area (Å²) in [6.45, 7) is 6.42. The molecule has 0 aromatic carbocycles. The monoisotopic (exact) mass is 332 g/mol. The highest BCUT2D eigenvalue weighted by molar-refractivity contribution is 5.82. The topological polar surface area (TPSA) is 43.4 Å². The minimum atomic E-state index is -0.129. The molecule has 0 aliphatic heterocycles. The van der Waals surface area contributed by atoms with Crippen molar-refractivity contribution in [3.63, 3.8) is 0 Å². The van der Waals surface area contributed by atoms with Gasteiger partial charge >= 0.3 is 5.97 Å².